The molecule has 1 heteroatoms. The largest absolute Gasteiger partial charge is 0.381 e. The average Bonchev–Trinajstić information content (AvgIpc) is 1.41. The molecule has 0 saturated heterocycles. The predicted octanol–water partition coefficient (Wildman–Crippen LogP) is 0.819. The summed E-state index contributed by atoms with van der Waals surface area (Å²) in [6, 6.07) is 0. The minimum Gasteiger partial charge on any atom is -0.381 e. The molecule has 5 heavy (non-hydrogen) atoms. The normalized spacial score (nSPS) is 7.40. The van der Waals surface area contributed by atoms with Gasteiger partial charge in [0.25, 0.3) is 0 Å². The highest BCUT2D eigenvalue weighted by Crippen LogP contribution is 1.60. The van der Waals surface area contributed by atoms with Crippen LogP contribution in [0, 0.1) is 0 Å². The van der Waals surface area contributed by atoms with Crippen LogP contribution in [0.5, 0.6) is 0 Å². The maximum atomic E-state index is 4.57. The lowest BCUT2D eigenvalue weighted by molar-refractivity contribution is 0.234. The third-order valence-electron chi connectivity index (χ3n) is 0.285. The van der Waals surface area contributed by atoms with Crippen LogP contribution in [0.3, 0.4) is 0 Å². The Morgan fingerprint density at radius 1 is 2.00 bits per heavy atom. The minimum atomic E-state index is 0.653. The molecule has 0 aromatic rings. The van der Waals surface area contributed by atoms with Gasteiger partial charge in [-0.2, -0.15) is 0 Å². The molecule has 0 aliphatic rings. The van der Waals surface area contributed by atoms with Crippen molar-refractivity contribution < 1.29 is 4.74 Å². The van der Waals surface area contributed by atoms with E-state index in [-0.39, 0.29) is 0 Å². The third kappa shape index (κ3) is 3.70. The Morgan fingerprint density at radius 2 is 2.60 bits per heavy atom. The zero-order chi connectivity index (χ0) is 4.12. The number of ether oxygens (including phenoxy) is 1. The van der Waals surface area contributed by atoms with Crippen LogP contribution < -0.4 is 0 Å². The molecule has 0 radical (unpaired) electrons. The SMILES string of the molecule is C=CCO[14CH3]. The maximum absolute atomic E-state index is 4.57. The summed E-state index contributed by atoms with van der Waals surface area (Å²) < 4.78 is 4.57. The molecule has 1 nitrogen and oxygen atoms in total. The van der Waals surface area contributed by atoms with Crippen LogP contribution in [0.1, 0.15) is 0 Å². The van der Waals surface area contributed by atoms with Gasteiger partial charge in [0.05, 0.1) is 6.61 Å². The van der Waals surface area contributed by atoms with Crippen LogP contribution in [0.25, 0.3) is 0 Å². The first-order valence-corrected chi connectivity index (χ1v) is 1.51. The van der Waals surface area contributed by atoms with E-state index in [4.69, 9.17) is 0 Å². The molecular formula is C4H8O. The molecule has 0 spiro atoms. The second kappa shape index (κ2) is 3.70. The van der Waals surface area contributed by atoms with Crippen LogP contribution >= 0.6 is 0 Å². The molecule has 0 atom stereocenters. The topological polar surface area (TPSA) is 9.23 Å². The summed E-state index contributed by atoms with van der Waals surface area (Å²) in [6.07, 6.45) is 1.71. The first-order valence-electron chi connectivity index (χ1n) is 1.51. The highest BCUT2D eigenvalue weighted by Gasteiger charge is 1.58. The molecule has 0 aliphatic carbocycles. The van der Waals surface area contributed by atoms with Gasteiger partial charge in [0, 0.05) is 7.11 Å². The molecule has 0 heterocycles. The van der Waals surface area contributed by atoms with Gasteiger partial charge in [-0.05, 0) is 0 Å². The lowest BCUT2D eigenvalue weighted by atomic mass is 10.7. The molecule has 0 amide bonds. The maximum Gasteiger partial charge on any atom is 0.0641 e. The van der Waals surface area contributed by atoms with Gasteiger partial charge < -0.3 is 4.74 Å². The second-order valence-corrected chi connectivity index (χ2v) is 0.744. The first-order chi connectivity index (χ1) is 2.41. The van der Waals surface area contributed by atoms with E-state index in [9.17, 15) is 0 Å². The van der Waals surface area contributed by atoms with Crippen molar-refractivity contribution in [2.45, 2.75) is 0 Å². The standard InChI is InChI=1S/C4H8O/c1-3-4-5-2/h3H,1,4H2,2H3/i2+2. The Hall–Kier alpha value is -0.300. The fourth-order valence-corrected chi connectivity index (χ4v) is 0.118. The van der Waals surface area contributed by atoms with E-state index < -0.39 is 0 Å². The first kappa shape index (κ1) is 4.70. The predicted molar refractivity (Wildman–Crippen MR) is 22.1 cm³/mol. The van der Waals surface area contributed by atoms with Crippen molar-refractivity contribution in [3.05, 3.63) is 12.7 Å². The van der Waals surface area contributed by atoms with E-state index in [1.807, 2.05) is 0 Å². The number of methoxy groups -OCH3 is 1. The lowest BCUT2D eigenvalue weighted by Gasteiger charge is -1.79. The minimum absolute atomic E-state index is 0.653. The third-order valence-corrected chi connectivity index (χ3v) is 0.285. The molecule has 0 aromatic heterocycles. The molecule has 0 N–H and O–H groups in total. The lowest BCUT2D eigenvalue weighted by Crippen LogP contribution is -1.76. The molecule has 0 bridgehead atoms. The number of rotatable bonds is 2. The monoisotopic (exact) mass is 74.1 g/mol. The smallest absolute Gasteiger partial charge is 0.0641 e. The molecule has 0 saturated carbocycles. The zero-order valence-corrected chi connectivity index (χ0v) is 3.40. The van der Waals surface area contributed by atoms with E-state index >= 15 is 0 Å². The van der Waals surface area contributed by atoms with Crippen LogP contribution in [-0.4, -0.2) is 13.7 Å². The van der Waals surface area contributed by atoms with Crippen LogP contribution in [0.4, 0.5) is 0 Å². The highest BCUT2D eigenvalue weighted by atomic mass is 16.6. The fourth-order valence-electron chi connectivity index (χ4n) is 0.118. The molecule has 0 fully saturated rings. The average molecular weight is 74.1 g/mol. The van der Waals surface area contributed by atoms with Crippen molar-refractivity contribution in [2.24, 2.45) is 0 Å². The van der Waals surface area contributed by atoms with Crippen LogP contribution in [0.15, 0.2) is 12.7 Å². The van der Waals surface area contributed by atoms with Crippen LogP contribution in [-0.2, 0) is 4.74 Å². The van der Waals surface area contributed by atoms with E-state index in [2.05, 4.69) is 11.3 Å². The fraction of sp³-hybridized carbons (Fsp3) is 0.500. The molecule has 0 aliphatic heterocycles. The molecule has 0 unspecified atom stereocenters. The second-order valence-electron chi connectivity index (χ2n) is 0.744. The Labute approximate surface area is 32.3 Å². The van der Waals surface area contributed by atoms with Gasteiger partial charge in [-0.15, -0.1) is 6.58 Å². The van der Waals surface area contributed by atoms with Gasteiger partial charge in [-0.25, -0.2) is 0 Å². The van der Waals surface area contributed by atoms with E-state index in [0.717, 1.165) is 0 Å². The molecular weight excluding hydrogens is 66.0 g/mol. The van der Waals surface area contributed by atoms with Crippen LogP contribution in [0.2, 0.25) is 0 Å². The number of hydrogen-bond acceptors (Lipinski definition) is 1. The van der Waals surface area contributed by atoms with Crippen molar-refractivity contribution in [3.8, 4) is 0 Å². The Balaban J connectivity index is 2.40. The van der Waals surface area contributed by atoms with Gasteiger partial charge in [0.2, 0.25) is 0 Å². The highest BCUT2D eigenvalue weighted by molar-refractivity contribution is 4.62. The van der Waals surface area contributed by atoms with Crippen molar-refractivity contribution in [3.63, 3.8) is 0 Å². The Morgan fingerprint density at radius 3 is 2.60 bits per heavy atom. The van der Waals surface area contributed by atoms with Gasteiger partial charge in [0.15, 0.2) is 0 Å². The van der Waals surface area contributed by atoms with Crippen molar-refractivity contribution >= 4 is 0 Å². The van der Waals surface area contributed by atoms with Crippen molar-refractivity contribution in [1.29, 1.82) is 0 Å². The van der Waals surface area contributed by atoms with Crippen molar-refractivity contribution in [2.75, 3.05) is 13.7 Å². The molecule has 30 valence electrons. The van der Waals surface area contributed by atoms with Gasteiger partial charge >= 0.3 is 0 Å². The van der Waals surface area contributed by atoms with E-state index in [0.29, 0.717) is 6.61 Å². The Kier molecular flexibility index (Phi) is 3.48. The van der Waals surface area contributed by atoms with E-state index in [1.165, 1.54) is 0 Å². The Bertz CT molecular complexity index is 24.8. The summed E-state index contributed by atoms with van der Waals surface area (Å²) in [5.74, 6) is 0. The summed E-state index contributed by atoms with van der Waals surface area (Å²) in [7, 11) is 1.64. The van der Waals surface area contributed by atoms with Gasteiger partial charge in [-0.1, -0.05) is 6.08 Å². The molecule has 0 aromatic carbocycles. The van der Waals surface area contributed by atoms with Gasteiger partial charge in [0.1, 0.15) is 0 Å². The quantitative estimate of drug-likeness (QED) is 0.440. The summed E-state index contributed by atoms with van der Waals surface area (Å²) in [6.45, 7) is 4.08. The van der Waals surface area contributed by atoms with Crippen molar-refractivity contribution in [1.82, 2.24) is 0 Å². The summed E-state index contributed by atoms with van der Waals surface area (Å²) in [4.78, 5) is 0. The summed E-state index contributed by atoms with van der Waals surface area (Å²) in [5.41, 5.74) is 0. The summed E-state index contributed by atoms with van der Waals surface area (Å²) >= 11 is 0. The van der Waals surface area contributed by atoms with E-state index in [1.54, 1.807) is 13.2 Å². The summed E-state index contributed by atoms with van der Waals surface area (Å²) in [5, 5.41) is 0. The zero-order valence-electron chi connectivity index (χ0n) is 3.40. The molecule has 0 rings (SSSR count). The van der Waals surface area contributed by atoms with Gasteiger partial charge in [-0.3, -0.25) is 0 Å². The number of hydrogen-bond donors (Lipinski definition) is 0.